The molecule has 0 amide bonds. The second kappa shape index (κ2) is 14.3. The molecule has 0 unspecified atom stereocenters. The lowest BCUT2D eigenvalue weighted by Crippen LogP contribution is -2.12. The number of nitrogens with one attached hydrogen (secondary N) is 1. The Morgan fingerprint density at radius 1 is 0.913 bits per heavy atom. The third-order valence-corrected chi connectivity index (χ3v) is 2.44. The topological polar surface area (TPSA) is 24.4 Å². The molecule has 0 heterocycles. The molecular formula is C21H28N2. The average Bonchev–Trinajstić information content (AvgIpc) is 2.63. The molecule has 0 fully saturated rings. The highest BCUT2D eigenvalue weighted by molar-refractivity contribution is 6.08. The van der Waals surface area contributed by atoms with Gasteiger partial charge in [0.15, 0.2) is 0 Å². The molecule has 0 saturated heterocycles. The summed E-state index contributed by atoms with van der Waals surface area (Å²) in [6.07, 6.45) is 5.45. The first-order chi connectivity index (χ1) is 11.3. The van der Waals surface area contributed by atoms with Gasteiger partial charge in [0.25, 0.3) is 0 Å². The number of benzene rings is 2. The number of aliphatic imine (C=N–C) groups is 1. The molecule has 0 aliphatic carbocycles. The Hall–Kier alpha value is -2.61. The van der Waals surface area contributed by atoms with Crippen LogP contribution < -0.4 is 5.32 Å². The summed E-state index contributed by atoms with van der Waals surface area (Å²) in [5, 5.41) is 3.33. The van der Waals surface area contributed by atoms with E-state index in [4.69, 9.17) is 0 Å². The molecule has 23 heavy (non-hydrogen) atoms. The van der Waals surface area contributed by atoms with Crippen molar-refractivity contribution < 1.29 is 0 Å². The Balaban J connectivity index is 0.000000868. The first-order valence-corrected chi connectivity index (χ1v) is 7.95. The van der Waals surface area contributed by atoms with Crippen LogP contribution in [0.1, 0.15) is 33.3 Å². The Bertz CT molecular complexity index is 569. The van der Waals surface area contributed by atoms with Crippen LogP contribution in [0.4, 0.5) is 5.69 Å². The molecule has 2 heteroatoms. The van der Waals surface area contributed by atoms with Crippen LogP contribution in [0.25, 0.3) is 0 Å². The van der Waals surface area contributed by atoms with E-state index in [1.165, 1.54) is 0 Å². The standard InChI is InChI=1S/C16H16N2.C3H6.C2H6/c1-2-13-17-16(14-9-5-3-6-10-14)18-15-11-7-4-8-12-15;1-3-2;1-2/h2-13H,1H3,(H,17,18);3H,1H2,2H3;1-2H3/b13-2+;;. The van der Waals surface area contributed by atoms with E-state index in [-0.39, 0.29) is 0 Å². The lowest BCUT2D eigenvalue weighted by atomic mass is 10.2. The highest BCUT2D eigenvalue weighted by Crippen LogP contribution is 2.09. The highest BCUT2D eigenvalue weighted by Gasteiger charge is 2.01. The van der Waals surface area contributed by atoms with Crippen LogP contribution in [-0.2, 0) is 0 Å². The van der Waals surface area contributed by atoms with Crippen LogP contribution in [0, 0.1) is 0 Å². The molecule has 0 aliphatic heterocycles. The number of para-hydroxylation sites is 1. The van der Waals surface area contributed by atoms with E-state index in [1.807, 2.05) is 94.4 Å². The van der Waals surface area contributed by atoms with Crippen LogP contribution in [0.5, 0.6) is 0 Å². The zero-order valence-electron chi connectivity index (χ0n) is 14.7. The molecule has 0 aromatic heterocycles. The van der Waals surface area contributed by atoms with Gasteiger partial charge in [0.2, 0.25) is 0 Å². The van der Waals surface area contributed by atoms with E-state index in [2.05, 4.69) is 16.9 Å². The van der Waals surface area contributed by atoms with Crippen molar-refractivity contribution in [2.45, 2.75) is 27.7 Å². The van der Waals surface area contributed by atoms with E-state index in [0.29, 0.717) is 0 Å². The van der Waals surface area contributed by atoms with Gasteiger partial charge in [-0.1, -0.05) is 74.5 Å². The van der Waals surface area contributed by atoms with Gasteiger partial charge < -0.3 is 5.32 Å². The fourth-order valence-electron chi connectivity index (χ4n) is 1.58. The highest BCUT2D eigenvalue weighted by atomic mass is 15.0. The fourth-order valence-corrected chi connectivity index (χ4v) is 1.58. The second-order valence-corrected chi connectivity index (χ2v) is 4.23. The van der Waals surface area contributed by atoms with Gasteiger partial charge in [0.1, 0.15) is 5.84 Å². The van der Waals surface area contributed by atoms with Crippen molar-refractivity contribution in [3.05, 3.63) is 91.2 Å². The largest absolute Gasteiger partial charge is 0.340 e. The average molecular weight is 308 g/mol. The maximum Gasteiger partial charge on any atom is 0.137 e. The minimum absolute atomic E-state index is 0.847. The van der Waals surface area contributed by atoms with Crippen molar-refractivity contribution in [2.24, 2.45) is 4.99 Å². The number of nitrogens with zero attached hydrogens (tertiary/aromatic N) is 1. The van der Waals surface area contributed by atoms with Gasteiger partial charge in [-0.3, -0.25) is 0 Å². The predicted octanol–water partition coefficient (Wildman–Crippen LogP) is 6.30. The summed E-state index contributed by atoms with van der Waals surface area (Å²) in [4.78, 5) is 4.43. The molecule has 0 atom stereocenters. The number of rotatable bonds is 3. The quantitative estimate of drug-likeness (QED) is 0.402. The molecule has 2 nitrogen and oxygen atoms in total. The van der Waals surface area contributed by atoms with Crippen LogP contribution in [0.3, 0.4) is 0 Å². The van der Waals surface area contributed by atoms with E-state index >= 15 is 0 Å². The summed E-state index contributed by atoms with van der Waals surface area (Å²) < 4.78 is 0. The van der Waals surface area contributed by atoms with Crippen LogP contribution in [0.15, 0.2) is 90.6 Å². The monoisotopic (exact) mass is 308 g/mol. The van der Waals surface area contributed by atoms with Crippen molar-refractivity contribution in [1.29, 1.82) is 0 Å². The van der Waals surface area contributed by atoms with Gasteiger partial charge in [-0.15, -0.1) is 6.58 Å². The summed E-state index contributed by atoms with van der Waals surface area (Å²) in [5.41, 5.74) is 2.10. The van der Waals surface area contributed by atoms with Gasteiger partial charge >= 0.3 is 0 Å². The number of anilines is 1. The summed E-state index contributed by atoms with van der Waals surface area (Å²) in [5.74, 6) is 0.847. The van der Waals surface area contributed by atoms with Crippen molar-refractivity contribution in [3.8, 4) is 0 Å². The van der Waals surface area contributed by atoms with E-state index < -0.39 is 0 Å². The first-order valence-electron chi connectivity index (χ1n) is 7.95. The van der Waals surface area contributed by atoms with Gasteiger partial charge in [0.05, 0.1) is 0 Å². The second-order valence-electron chi connectivity index (χ2n) is 4.23. The van der Waals surface area contributed by atoms with Gasteiger partial charge in [0, 0.05) is 17.5 Å². The molecule has 0 aliphatic rings. The van der Waals surface area contributed by atoms with Crippen molar-refractivity contribution in [1.82, 2.24) is 0 Å². The minimum Gasteiger partial charge on any atom is -0.340 e. The van der Waals surface area contributed by atoms with Crippen LogP contribution in [0.2, 0.25) is 0 Å². The number of hydrogen-bond donors (Lipinski definition) is 1. The van der Waals surface area contributed by atoms with E-state index in [0.717, 1.165) is 17.1 Å². The molecule has 0 radical (unpaired) electrons. The Kier molecular flexibility index (Phi) is 12.7. The molecule has 2 aromatic rings. The third-order valence-electron chi connectivity index (χ3n) is 2.44. The normalized spacial score (nSPS) is 10.0. The maximum atomic E-state index is 4.43. The van der Waals surface area contributed by atoms with Crippen molar-refractivity contribution in [3.63, 3.8) is 0 Å². The SMILES string of the molecule is C/C=C/N=C(Nc1ccccc1)c1ccccc1.C=CC.CC. The molecule has 0 saturated carbocycles. The maximum absolute atomic E-state index is 4.43. The Morgan fingerprint density at radius 2 is 1.39 bits per heavy atom. The van der Waals surface area contributed by atoms with Gasteiger partial charge in [-0.2, -0.15) is 0 Å². The van der Waals surface area contributed by atoms with Gasteiger partial charge in [-0.25, -0.2) is 4.99 Å². The molecule has 2 rings (SSSR count). The molecular weight excluding hydrogens is 280 g/mol. The molecule has 0 spiro atoms. The van der Waals surface area contributed by atoms with Gasteiger partial charge in [-0.05, 0) is 26.0 Å². The molecule has 2 aromatic carbocycles. The van der Waals surface area contributed by atoms with E-state index in [9.17, 15) is 0 Å². The summed E-state index contributed by atoms with van der Waals surface area (Å²) in [7, 11) is 0. The lowest BCUT2D eigenvalue weighted by molar-refractivity contribution is 1.46. The number of amidine groups is 1. The van der Waals surface area contributed by atoms with Crippen molar-refractivity contribution >= 4 is 11.5 Å². The zero-order chi connectivity index (χ0) is 17.3. The van der Waals surface area contributed by atoms with Crippen LogP contribution in [-0.4, -0.2) is 5.84 Å². The summed E-state index contributed by atoms with van der Waals surface area (Å²) in [6, 6.07) is 20.1. The minimum atomic E-state index is 0.847. The fraction of sp³-hybridized carbons (Fsp3) is 0.190. The zero-order valence-corrected chi connectivity index (χ0v) is 14.7. The number of allylic oxidation sites excluding steroid dienone is 2. The Morgan fingerprint density at radius 3 is 1.87 bits per heavy atom. The number of hydrogen-bond acceptors (Lipinski definition) is 1. The predicted molar refractivity (Wildman–Crippen MR) is 105 cm³/mol. The third kappa shape index (κ3) is 9.10. The first kappa shape index (κ1) is 20.4. The Labute approximate surface area is 141 Å². The summed E-state index contributed by atoms with van der Waals surface area (Å²) >= 11 is 0. The molecule has 122 valence electrons. The molecule has 0 bridgehead atoms. The lowest BCUT2D eigenvalue weighted by Gasteiger charge is -2.09. The molecule has 1 N–H and O–H groups in total. The van der Waals surface area contributed by atoms with Crippen molar-refractivity contribution in [2.75, 3.05) is 5.32 Å². The van der Waals surface area contributed by atoms with Crippen LogP contribution >= 0.6 is 0 Å². The smallest absolute Gasteiger partial charge is 0.137 e. The summed E-state index contributed by atoms with van der Waals surface area (Å²) in [6.45, 7) is 11.2. The van der Waals surface area contributed by atoms with E-state index in [1.54, 1.807) is 12.3 Å².